The van der Waals surface area contributed by atoms with Gasteiger partial charge in [-0.2, -0.15) is 0 Å². The largest absolute Gasteiger partial charge is 1.00 e. The van der Waals surface area contributed by atoms with E-state index in [4.69, 9.17) is 5.73 Å². The first-order valence-electron chi connectivity index (χ1n) is 2.94. The number of hydrogen-bond donors (Lipinski definition) is 1. The van der Waals surface area contributed by atoms with Gasteiger partial charge in [-0.25, -0.2) is 0 Å². The molecule has 1 aromatic rings. The van der Waals surface area contributed by atoms with Gasteiger partial charge in [0.05, 0.1) is 0 Å². The van der Waals surface area contributed by atoms with Gasteiger partial charge < -0.3 is 17.0 Å². The van der Waals surface area contributed by atoms with Crippen molar-refractivity contribution in [3.63, 3.8) is 0 Å². The maximum Gasteiger partial charge on any atom is -1.00 e. The minimum Gasteiger partial charge on any atom is -1.00 e. The van der Waals surface area contributed by atoms with E-state index in [1.807, 2.05) is 33.8 Å². The Labute approximate surface area is 84.2 Å². The standard InChI is InChI=1S/C7H8N.BrH.Mg/c8-6-7-4-2-1-3-5-7;;/h1-4H,6,8H2;1H;/q;;+1/p-1. The van der Waals surface area contributed by atoms with Crippen LogP contribution in [0.2, 0.25) is 0 Å². The summed E-state index contributed by atoms with van der Waals surface area (Å²) in [6.07, 6.45) is 0. The fourth-order valence-corrected chi connectivity index (χ4v) is 1.15. The van der Waals surface area contributed by atoms with E-state index in [1.165, 1.54) is 9.26 Å². The molecule has 0 aliphatic carbocycles. The van der Waals surface area contributed by atoms with Crippen molar-refractivity contribution in [3.8, 4) is 0 Å². The molecule has 3 heteroatoms. The van der Waals surface area contributed by atoms with Gasteiger partial charge in [0.1, 0.15) is 0 Å². The summed E-state index contributed by atoms with van der Waals surface area (Å²) in [5.74, 6) is 0. The molecule has 10 heavy (non-hydrogen) atoms. The second kappa shape index (κ2) is 5.13. The molecule has 1 aromatic carbocycles. The molecule has 1 nitrogen and oxygen atoms in total. The zero-order valence-corrected chi connectivity index (χ0v) is 8.68. The third kappa shape index (κ3) is 2.58. The molecular weight excluding hydrogens is 202 g/mol. The van der Waals surface area contributed by atoms with Gasteiger partial charge in [-0.05, 0) is 0 Å². The second-order valence-electron chi connectivity index (χ2n) is 1.97. The summed E-state index contributed by atoms with van der Waals surface area (Å²) in [7, 11) is 0. The molecule has 50 valence electrons. The monoisotopic (exact) mass is 209 g/mol. The van der Waals surface area contributed by atoms with Crippen LogP contribution < -0.4 is 26.4 Å². The van der Waals surface area contributed by atoms with E-state index in [0.29, 0.717) is 6.54 Å². The van der Waals surface area contributed by atoms with E-state index in [-0.39, 0.29) is 17.0 Å². The van der Waals surface area contributed by atoms with Crippen LogP contribution in [0.25, 0.3) is 0 Å². The molecule has 1 rings (SSSR count). The molecule has 0 aliphatic heterocycles. The van der Waals surface area contributed by atoms with E-state index in [9.17, 15) is 0 Å². The van der Waals surface area contributed by atoms with Crippen LogP contribution in [-0.4, -0.2) is 21.7 Å². The van der Waals surface area contributed by atoms with Crippen molar-refractivity contribution in [1.29, 1.82) is 0 Å². The molecule has 0 fully saturated rings. The number of benzene rings is 1. The maximum atomic E-state index is 5.46. The molecule has 0 atom stereocenters. The molecule has 0 saturated heterocycles. The smallest absolute Gasteiger partial charge is 1.00 e. The van der Waals surface area contributed by atoms with Gasteiger partial charge in [-0.1, -0.05) is 0 Å². The molecule has 2 N–H and O–H groups in total. The Hall–Kier alpha value is 0.426. The molecule has 0 aromatic heterocycles. The third-order valence-electron chi connectivity index (χ3n) is 1.34. The Kier molecular flexibility index (Phi) is 5.34. The maximum absolute atomic E-state index is 5.46. The van der Waals surface area contributed by atoms with E-state index >= 15 is 0 Å². The zero-order chi connectivity index (χ0) is 6.69. The van der Waals surface area contributed by atoms with Crippen LogP contribution in [0.15, 0.2) is 24.3 Å². The second-order valence-corrected chi connectivity index (χ2v) is 2.73. The van der Waals surface area contributed by atoms with Crippen molar-refractivity contribution in [1.82, 2.24) is 0 Å². The van der Waals surface area contributed by atoms with Crippen LogP contribution in [0.3, 0.4) is 0 Å². The van der Waals surface area contributed by atoms with E-state index in [0.717, 1.165) is 0 Å². The Balaban J connectivity index is 0.000000810. The predicted octanol–water partition coefficient (Wildman–Crippen LogP) is -3.06. The van der Waals surface area contributed by atoms with E-state index in [2.05, 4.69) is 12.1 Å². The molecular formula is C7H8BrMgN. The van der Waals surface area contributed by atoms with Gasteiger partial charge in [-0.3, -0.25) is 0 Å². The van der Waals surface area contributed by atoms with Gasteiger partial charge >= 0.3 is 67.5 Å². The van der Waals surface area contributed by atoms with Crippen molar-refractivity contribution in [3.05, 3.63) is 29.8 Å². The minimum absolute atomic E-state index is 0. The molecule has 0 bridgehead atoms. The van der Waals surface area contributed by atoms with Crippen molar-refractivity contribution >= 4 is 25.4 Å². The minimum atomic E-state index is 0. The number of halogens is 1. The number of nitrogens with two attached hydrogens (primary N) is 1. The van der Waals surface area contributed by atoms with Crippen LogP contribution in [-0.2, 0) is 6.54 Å². The molecule has 0 radical (unpaired) electrons. The predicted molar refractivity (Wildman–Crippen MR) is 39.7 cm³/mol. The van der Waals surface area contributed by atoms with E-state index < -0.39 is 0 Å². The SMILES string of the molecule is NCc1cccc[c]1[Mg+].[Br-]. The molecule has 0 aliphatic rings. The first-order valence-corrected chi connectivity index (χ1v) is 3.65. The average molecular weight is 210 g/mol. The van der Waals surface area contributed by atoms with Gasteiger partial charge in [0, 0.05) is 0 Å². The van der Waals surface area contributed by atoms with Crippen LogP contribution in [0.4, 0.5) is 0 Å². The van der Waals surface area contributed by atoms with Crippen LogP contribution in [0.5, 0.6) is 0 Å². The van der Waals surface area contributed by atoms with Crippen LogP contribution in [0, 0.1) is 0 Å². The zero-order valence-electron chi connectivity index (χ0n) is 5.68. The van der Waals surface area contributed by atoms with Gasteiger partial charge in [0.15, 0.2) is 0 Å². The molecule has 0 spiro atoms. The Bertz CT molecular complexity index is 203. The van der Waals surface area contributed by atoms with Gasteiger partial charge in [0.25, 0.3) is 0 Å². The van der Waals surface area contributed by atoms with Crippen LogP contribution >= 0.6 is 0 Å². The van der Waals surface area contributed by atoms with Crippen LogP contribution in [0.1, 0.15) is 5.56 Å². The topological polar surface area (TPSA) is 26.0 Å². The van der Waals surface area contributed by atoms with Crippen molar-refractivity contribution in [2.24, 2.45) is 5.73 Å². The normalized spacial score (nSPS) is 8.70. The van der Waals surface area contributed by atoms with Gasteiger partial charge in [0.2, 0.25) is 0 Å². The summed E-state index contributed by atoms with van der Waals surface area (Å²) in [6, 6.07) is 8.18. The quantitative estimate of drug-likeness (QED) is 0.490. The van der Waals surface area contributed by atoms with Gasteiger partial charge in [-0.15, -0.1) is 0 Å². The molecule has 0 unspecified atom stereocenters. The number of rotatable bonds is 1. The fraction of sp³-hybridized carbons (Fsp3) is 0.143. The summed E-state index contributed by atoms with van der Waals surface area (Å²) >= 11 is 1.88. The Morgan fingerprint density at radius 1 is 1.30 bits per heavy atom. The molecule has 0 amide bonds. The van der Waals surface area contributed by atoms with Crippen molar-refractivity contribution < 1.29 is 17.0 Å². The summed E-state index contributed by atoms with van der Waals surface area (Å²) < 4.78 is 1.31. The number of hydrogen-bond acceptors (Lipinski definition) is 1. The summed E-state index contributed by atoms with van der Waals surface area (Å²) in [6.45, 7) is 0.652. The van der Waals surface area contributed by atoms with Crippen molar-refractivity contribution in [2.45, 2.75) is 6.54 Å². The Morgan fingerprint density at radius 3 is 2.30 bits per heavy atom. The average Bonchev–Trinajstić information content (AvgIpc) is 1.89. The fourth-order valence-electron chi connectivity index (χ4n) is 0.757. The Morgan fingerprint density at radius 2 is 1.90 bits per heavy atom. The molecule has 0 heterocycles. The summed E-state index contributed by atoms with van der Waals surface area (Å²) in [5.41, 5.74) is 6.70. The first kappa shape index (κ1) is 10.4. The van der Waals surface area contributed by atoms with E-state index in [1.54, 1.807) is 0 Å². The summed E-state index contributed by atoms with van der Waals surface area (Å²) in [5, 5.41) is 0. The molecule has 0 saturated carbocycles. The third-order valence-corrected chi connectivity index (χ3v) is 2.03. The first-order chi connectivity index (χ1) is 4.34. The van der Waals surface area contributed by atoms with Crippen molar-refractivity contribution in [2.75, 3.05) is 0 Å². The summed E-state index contributed by atoms with van der Waals surface area (Å²) in [4.78, 5) is 0.